The summed E-state index contributed by atoms with van der Waals surface area (Å²) in [4.78, 5) is 14.5. The highest BCUT2D eigenvalue weighted by Gasteiger charge is 2.32. The fourth-order valence-corrected chi connectivity index (χ4v) is 5.34. The molecule has 2 aromatic rings. The number of hydrogen-bond acceptors (Lipinski definition) is 4. The lowest BCUT2D eigenvalue weighted by molar-refractivity contribution is 0.0786. The molecule has 132 valence electrons. The zero-order valence-electron chi connectivity index (χ0n) is 14.0. The molecule has 0 radical (unpaired) electrons. The minimum Gasteiger partial charge on any atom is -0.337 e. The van der Waals surface area contributed by atoms with Crippen molar-refractivity contribution >= 4 is 15.7 Å². The van der Waals surface area contributed by atoms with E-state index in [4.69, 9.17) is 0 Å². The number of carbonyl (C=O) groups is 1. The van der Waals surface area contributed by atoms with Gasteiger partial charge in [-0.2, -0.15) is 5.10 Å². The van der Waals surface area contributed by atoms with Crippen LogP contribution in [0.4, 0.5) is 0 Å². The Kier molecular flexibility index (Phi) is 4.11. The van der Waals surface area contributed by atoms with E-state index >= 15 is 0 Å². The number of likely N-dealkylation sites (tertiary alicyclic amines) is 1. The van der Waals surface area contributed by atoms with Gasteiger partial charge in [-0.15, -0.1) is 0 Å². The van der Waals surface area contributed by atoms with Crippen LogP contribution in [0.1, 0.15) is 35.8 Å². The molecular weight excluding hydrogens is 338 g/mol. The maximum absolute atomic E-state index is 12.7. The second kappa shape index (κ2) is 6.29. The number of aromatic nitrogens is 2. The van der Waals surface area contributed by atoms with Crippen molar-refractivity contribution < 1.29 is 13.2 Å². The van der Waals surface area contributed by atoms with Crippen LogP contribution in [0, 0.1) is 0 Å². The van der Waals surface area contributed by atoms with Gasteiger partial charge in [-0.1, -0.05) is 30.3 Å². The van der Waals surface area contributed by atoms with Crippen LogP contribution >= 0.6 is 0 Å². The van der Waals surface area contributed by atoms with Crippen LogP contribution in [0.25, 0.3) is 11.3 Å². The predicted octanol–water partition coefficient (Wildman–Crippen LogP) is 2.15. The Morgan fingerprint density at radius 1 is 1.12 bits per heavy atom. The average Bonchev–Trinajstić information content (AvgIpc) is 3.34. The molecule has 0 saturated carbocycles. The van der Waals surface area contributed by atoms with Crippen LogP contribution in [0.15, 0.2) is 36.4 Å². The van der Waals surface area contributed by atoms with E-state index in [-0.39, 0.29) is 23.5 Å². The first-order valence-corrected chi connectivity index (χ1v) is 10.5. The molecule has 2 aliphatic heterocycles. The predicted molar refractivity (Wildman–Crippen MR) is 95.1 cm³/mol. The van der Waals surface area contributed by atoms with Crippen molar-refractivity contribution in [3.63, 3.8) is 0 Å². The summed E-state index contributed by atoms with van der Waals surface area (Å²) in [6.45, 7) is 1.54. The molecule has 6 nitrogen and oxygen atoms in total. The van der Waals surface area contributed by atoms with E-state index in [9.17, 15) is 13.2 Å². The average molecular weight is 359 g/mol. The summed E-state index contributed by atoms with van der Waals surface area (Å²) < 4.78 is 25.5. The molecule has 1 amide bonds. The van der Waals surface area contributed by atoms with Gasteiger partial charge in [-0.3, -0.25) is 9.48 Å². The molecule has 0 N–H and O–H groups in total. The standard InChI is InChI=1S/C18H21N3O3S/c22-18(20-9-4-5-10-20)16-12-17(14-6-2-1-3-7-14)21(19-16)15-8-11-25(23,24)13-15/h1-3,6-7,12,15H,4-5,8-11,13H2/t15-/m0/s1. The molecule has 1 aromatic heterocycles. The van der Waals surface area contributed by atoms with Gasteiger partial charge in [-0.05, 0) is 30.9 Å². The largest absolute Gasteiger partial charge is 0.337 e. The van der Waals surface area contributed by atoms with E-state index in [1.165, 1.54) is 0 Å². The maximum Gasteiger partial charge on any atom is 0.274 e. The summed E-state index contributed by atoms with van der Waals surface area (Å²) >= 11 is 0. The molecule has 0 aliphatic carbocycles. The van der Waals surface area contributed by atoms with Crippen molar-refractivity contribution in [2.45, 2.75) is 25.3 Å². The van der Waals surface area contributed by atoms with Crippen molar-refractivity contribution in [3.8, 4) is 11.3 Å². The van der Waals surface area contributed by atoms with E-state index in [1.807, 2.05) is 35.2 Å². The fourth-order valence-electron chi connectivity index (χ4n) is 3.65. The van der Waals surface area contributed by atoms with Crippen molar-refractivity contribution in [2.24, 2.45) is 0 Å². The molecular formula is C18H21N3O3S. The maximum atomic E-state index is 12.7. The van der Waals surface area contributed by atoms with E-state index in [1.54, 1.807) is 10.7 Å². The van der Waals surface area contributed by atoms with Gasteiger partial charge >= 0.3 is 0 Å². The Balaban J connectivity index is 1.74. The van der Waals surface area contributed by atoms with E-state index in [0.29, 0.717) is 12.1 Å². The Morgan fingerprint density at radius 3 is 2.48 bits per heavy atom. The summed E-state index contributed by atoms with van der Waals surface area (Å²) in [6.07, 6.45) is 2.60. The van der Waals surface area contributed by atoms with Crippen LogP contribution in [0.5, 0.6) is 0 Å². The van der Waals surface area contributed by atoms with Crippen molar-refractivity contribution in [1.82, 2.24) is 14.7 Å². The molecule has 4 rings (SSSR count). The van der Waals surface area contributed by atoms with Gasteiger partial charge in [0.15, 0.2) is 15.5 Å². The van der Waals surface area contributed by atoms with Gasteiger partial charge in [0.1, 0.15) is 0 Å². The van der Waals surface area contributed by atoms with Gasteiger partial charge in [0.2, 0.25) is 0 Å². The number of amides is 1. The summed E-state index contributed by atoms with van der Waals surface area (Å²) in [7, 11) is -3.03. The van der Waals surface area contributed by atoms with E-state index < -0.39 is 9.84 Å². The summed E-state index contributed by atoms with van der Waals surface area (Å²) in [5.74, 6) is 0.210. The van der Waals surface area contributed by atoms with Crippen molar-refractivity contribution in [2.75, 3.05) is 24.6 Å². The normalized spacial score (nSPS) is 22.4. The van der Waals surface area contributed by atoms with Crippen LogP contribution in [-0.2, 0) is 9.84 Å². The van der Waals surface area contributed by atoms with Crippen LogP contribution in [0.2, 0.25) is 0 Å². The lowest BCUT2D eigenvalue weighted by Crippen LogP contribution is -2.28. The first kappa shape index (κ1) is 16.3. The molecule has 2 saturated heterocycles. The summed E-state index contributed by atoms with van der Waals surface area (Å²) in [5.41, 5.74) is 2.16. The molecule has 1 atom stereocenters. The second-order valence-corrected chi connectivity index (χ2v) is 9.01. The Labute approximate surface area is 147 Å². The van der Waals surface area contributed by atoms with Gasteiger partial charge in [-0.25, -0.2) is 8.42 Å². The smallest absolute Gasteiger partial charge is 0.274 e. The number of sulfone groups is 1. The summed E-state index contributed by atoms with van der Waals surface area (Å²) in [5, 5.41) is 4.54. The lowest BCUT2D eigenvalue weighted by Gasteiger charge is -2.14. The Bertz CT molecular complexity index is 884. The van der Waals surface area contributed by atoms with Crippen LogP contribution < -0.4 is 0 Å². The van der Waals surface area contributed by atoms with Crippen molar-refractivity contribution in [3.05, 3.63) is 42.1 Å². The van der Waals surface area contributed by atoms with Gasteiger partial charge in [0, 0.05) is 13.1 Å². The first-order chi connectivity index (χ1) is 12.0. The fraction of sp³-hybridized carbons (Fsp3) is 0.444. The highest BCUT2D eigenvalue weighted by Crippen LogP contribution is 2.30. The van der Waals surface area contributed by atoms with E-state index in [0.717, 1.165) is 37.2 Å². The minimum atomic E-state index is -3.03. The number of hydrogen-bond donors (Lipinski definition) is 0. The van der Waals surface area contributed by atoms with Gasteiger partial charge in [0.05, 0.1) is 23.2 Å². The van der Waals surface area contributed by atoms with Crippen molar-refractivity contribution in [1.29, 1.82) is 0 Å². The molecule has 2 fully saturated rings. The topological polar surface area (TPSA) is 72.3 Å². The highest BCUT2D eigenvalue weighted by atomic mass is 32.2. The molecule has 7 heteroatoms. The monoisotopic (exact) mass is 359 g/mol. The SMILES string of the molecule is O=C(c1cc(-c2ccccc2)n([C@H]2CCS(=O)(=O)C2)n1)N1CCCC1. The van der Waals surface area contributed by atoms with Gasteiger partial charge in [0.25, 0.3) is 5.91 Å². The second-order valence-electron chi connectivity index (χ2n) is 6.78. The number of benzene rings is 1. The zero-order chi connectivity index (χ0) is 17.4. The third-order valence-corrected chi connectivity index (χ3v) is 6.72. The zero-order valence-corrected chi connectivity index (χ0v) is 14.8. The van der Waals surface area contributed by atoms with Gasteiger partial charge < -0.3 is 4.90 Å². The first-order valence-electron chi connectivity index (χ1n) is 8.68. The highest BCUT2D eigenvalue weighted by molar-refractivity contribution is 7.91. The molecule has 2 aliphatic rings. The molecule has 0 bridgehead atoms. The number of nitrogens with zero attached hydrogens (tertiary/aromatic N) is 3. The molecule has 0 unspecified atom stereocenters. The molecule has 3 heterocycles. The van der Waals surface area contributed by atoms with Crippen LogP contribution in [-0.4, -0.2) is 53.6 Å². The number of carbonyl (C=O) groups excluding carboxylic acids is 1. The number of rotatable bonds is 3. The lowest BCUT2D eigenvalue weighted by atomic mass is 10.1. The van der Waals surface area contributed by atoms with Crippen LogP contribution in [0.3, 0.4) is 0 Å². The minimum absolute atomic E-state index is 0.0608. The molecule has 1 aromatic carbocycles. The Hall–Kier alpha value is -2.15. The quantitative estimate of drug-likeness (QED) is 0.842. The summed E-state index contributed by atoms with van der Waals surface area (Å²) in [6, 6.07) is 11.3. The Morgan fingerprint density at radius 2 is 1.84 bits per heavy atom. The third kappa shape index (κ3) is 3.20. The third-order valence-electron chi connectivity index (χ3n) is 4.97. The molecule has 0 spiro atoms. The molecule has 25 heavy (non-hydrogen) atoms. The van der Waals surface area contributed by atoms with E-state index in [2.05, 4.69) is 5.10 Å².